The summed E-state index contributed by atoms with van der Waals surface area (Å²) >= 11 is 0. The molecule has 2 aliphatic rings. The second kappa shape index (κ2) is 4.44. The van der Waals surface area contributed by atoms with Crippen LogP contribution in [0.4, 0.5) is 10.7 Å². The second-order valence-electron chi connectivity index (χ2n) is 4.72. The van der Waals surface area contributed by atoms with Gasteiger partial charge in [-0.2, -0.15) is 0 Å². The Labute approximate surface area is 106 Å². The van der Waals surface area contributed by atoms with Gasteiger partial charge in [0.2, 0.25) is 5.95 Å². The summed E-state index contributed by atoms with van der Waals surface area (Å²) in [5.41, 5.74) is 1.15. The summed E-state index contributed by atoms with van der Waals surface area (Å²) in [6.07, 6.45) is 4.72. The highest BCUT2D eigenvalue weighted by atomic mass is 16.2. The van der Waals surface area contributed by atoms with E-state index >= 15 is 0 Å². The van der Waals surface area contributed by atoms with E-state index in [1.807, 2.05) is 17.3 Å². The second-order valence-corrected chi connectivity index (χ2v) is 4.72. The molecule has 2 aliphatic heterocycles. The summed E-state index contributed by atoms with van der Waals surface area (Å²) in [5.74, 6) is 0.770. The fourth-order valence-electron chi connectivity index (χ4n) is 2.48. The molecule has 0 aromatic carbocycles. The minimum absolute atomic E-state index is 0.0573. The van der Waals surface area contributed by atoms with Gasteiger partial charge in [-0.05, 0) is 12.0 Å². The van der Waals surface area contributed by atoms with Gasteiger partial charge in [0, 0.05) is 38.6 Å². The smallest absolute Gasteiger partial charge is 0.317 e. The molecular formula is C12H17N5O. The predicted molar refractivity (Wildman–Crippen MR) is 67.5 cm³/mol. The number of amides is 2. The number of carbonyl (C=O) groups is 1. The van der Waals surface area contributed by atoms with Crippen LogP contribution in [-0.2, 0) is 6.42 Å². The number of fused-ring (bicyclic) bond motifs is 1. The molecule has 3 rings (SSSR count). The molecule has 18 heavy (non-hydrogen) atoms. The first-order valence-electron chi connectivity index (χ1n) is 6.38. The van der Waals surface area contributed by atoms with E-state index in [1.165, 1.54) is 0 Å². The monoisotopic (exact) mass is 247 g/mol. The Morgan fingerprint density at radius 3 is 2.89 bits per heavy atom. The first-order chi connectivity index (χ1) is 8.78. The van der Waals surface area contributed by atoms with Crippen LogP contribution in [0.1, 0.15) is 12.5 Å². The standard InChI is InChI=1S/C12H17N5O/c1-2-9-5-13-11(14-6-9)16-3-4-17-10(8-16)7-15-12(17)18/h5-6,10H,2-4,7-8H2,1H3,(H,15,18). The van der Waals surface area contributed by atoms with Crippen LogP contribution in [0.5, 0.6) is 0 Å². The Bertz CT molecular complexity index is 446. The van der Waals surface area contributed by atoms with Crippen molar-refractivity contribution in [3.63, 3.8) is 0 Å². The SMILES string of the molecule is CCc1cnc(N2CCN3C(=O)NCC3C2)nc1. The average molecular weight is 247 g/mol. The first kappa shape index (κ1) is 11.3. The molecule has 1 aromatic heterocycles. The number of hydrogen-bond donors (Lipinski definition) is 1. The van der Waals surface area contributed by atoms with Crippen molar-refractivity contribution < 1.29 is 4.79 Å². The molecule has 3 heterocycles. The predicted octanol–water partition coefficient (Wildman–Crippen LogP) is 0.253. The molecule has 0 radical (unpaired) electrons. The molecule has 1 atom stereocenters. The lowest BCUT2D eigenvalue weighted by molar-refractivity contribution is 0.197. The van der Waals surface area contributed by atoms with E-state index in [1.54, 1.807) is 0 Å². The van der Waals surface area contributed by atoms with Gasteiger partial charge in [-0.1, -0.05) is 6.92 Å². The van der Waals surface area contributed by atoms with Gasteiger partial charge in [0.05, 0.1) is 6.04 Å². The van der Waals surface area contributed by atoms with Crippen molar-refractivity contribution in [2.24, 2.45) is 0 Å². The third-order valence-electron chi connectivity index (χ3n) is 3.62. The third-order valence-corrected chi connectivity index (χ3v) is 3.62. The average Bonchev–Trinajstić information content (AvgIpc) is 2.80. The van der Waals surface area contributed by atoms with Crippen LogP contribution in [0, 0.1) is 0 Å². The molecule has 2 fully saturated rings. The summed E-state index contributed by atoms with van der Waals surface area (Å²) < 4.78 is 0. The molecule has 0 bridgehead atoms. The van der Waals surface area contributed by atoms with E-state index in [4.69, 9.17) is 0 Å². The highest BCUT2D eigenvalue weighted by molar-refractivity contribution is 5.77. The molecule has 1 unspecified atom stereocenters. The molecule has 0 aliphatic carbocycles. The zero-order chi connectivity index (χ0) is 12.5. The molecule has 2 saturated heterocycles. The Balaban J connectivity index is 1.72. The Morgan fingerprint density at radius 2 is 2.17 bits per heavy atom. The number of rotatable bonds is 2. The molecule has 1 N–H and O–H groups in total. The molecule has 0 spiro atoms. The highest BCUT2D eigenvalue weighted by Gasteiger charge is 2.35. The number of urea groups is 1. The number of nitrogens with one attached hydrogen (secondary N) is 1. The minimum atomic E-state index is 0.0573. The number of nitrogens with zero attached hydrogens (tertiary/aromatic N) is 4. The van der Waals surface area contributed by atoms with Crippen LogP contribution >= 0.6 is 0 Å². The van der Waals surface area contributed by atoms with Gasteiger partial charge in [0.15, 0.2) is 0 Å². The normalized spacial score (nSPS) is 22.9. The largest absolute Gasteiger partial charge is 0.337 e. The topological polar surface area (TPSA) is 61.4 Å². The van der Waals surface area contributed by atoms with E-state index in [9.17, 15) is 4.79 Å². The Morgan fingerprint density at radius 1 is 1.39 bits per heavy atom. The van der Waals surface area contributed by atoms with Crippen molar-refractivity contribution in [3.05, 3.63) is 18.0 Å². The van der Waals surface area contributed by atoms with Gasteiger partial charge in [-0.25, -0.2) is 14.8 Å². The van der Waals surface area contributed by atoms with Crippen molar-refractivity contribution >= 4 is 12.0 Å². The van der Waals surface area contributed by atoms with Gasteiger partial charge in [0.25, 0.3) is 0 Å². The van der Waals surface area contributed by atoms with E-state index in [2.05, 4.69) is 27.1 Å². The van der Waals surface area contributed by atoms with E-state index in [-0.39, 0.29) is 12.1 Å². The quantitative estimate of drug-likeness (QED) is 0.814. The lowest BCUT2D eigenvalue weighted by atomic mass is 10.2. The van der Waals surface area contributed by atoms with Crippen molar-refractivity contribution in [2.75, 3.05) is 31.1 Å². The molecule has 0 saturated carbocycles. The number of piperazine rings is 1. The Kier molecular flexibility index (Phi) is 2.77. The summed E-state index contributed by atoms with van der Waals surface area (Å²) in [7, 11) is 0. The summed E-state index contributed by atoms with van der Waals surface area (Å²) in [4.78, 5) is 24.3. The molecule has 6 heteroatoms. The minimum Gasteiger partial charge on any atom is -0.337 e. The van der Waals surface area contributed by atoms with Crippen LogP contribution in [-0.4, -0.2) is 53.1 Å². The molecule has 96 valence electrons. The Hall–Kier alpha value is -1.85. The highest BCUT2D eigenvalue weighted by Crippen LogP contribution is 2.17. The van der Waals surface area contributed by atoms with Gasteiger partial charge in [0.1, 0.15) is 0 Å². The number of hydrogen-bond acceptors (Lipinski definition) is 4. The van der Waals surface area contributed by atoms with Gasteiger partial charge in [-0.15, -0.1) is 0 Å². The molecule has 2 amide bonds. The fraction of sp³-hybridized carbons (Fsp3) is 0.583. The molecule has 1 aromatic rings. The van der Waals surface area contributed by atoms with Crippen LogP contribution in [0.2, 0.25) is 0 Å². The van der Waals surface area contributed by atoms with Crippen molar-refractivity contribution in [3.8, 4) is 0 Å². The van der Waals surface area contributed by atoms with Crippen LogP contribution in [0.15, 0.2) is 12.4 Å². The zero-order valence-electron chi connectivity index (χ0n) is 10.5. The van der Waals surface area contributed by atoms with Gasteiger partial charge >= 0.3 is 6.03 Å². The van der Waals surface area contributed by atoms with Gasteiger partial charge < -0.3 is 15.1 Å². The van der Waals surface area contributed by atoms with E-state index < -0.39 is 0 Å². The van der Waals surface area contributed by atoms with E-state index in [0.717, 1.165) is 44.1 Å². The fourth-order valence-corrected chi connectivity index (χ4v) is 2.48. The number of anilines is 1. The van der Waals surface area contributed by atoms with Gasteiger partial charge in [-0.3, -0.25) is 0 Å². The number of carbonyl (C=O) groups excluding carboxylic acids is 1. The van der Waals surface area contributed by atoms with Crippen LogP contribution in [0.3, 0.4) is 0 Å². The summed E-state index contributed by atoms with van der Waals surface area (Å²) in [6, 6.07) is 0.308. The van der Waals surface area contributed by atoms with Crippen molar-refractivity contribution in [1.82, 2.24) is 20.2 Å². The maximum atomic E-state index is 11.5. The number of aryl methyl sites for hydroxylation is 1. The zero-order valence-corrected chi connectivity index (χ0v) is 10.5. The third kappa shape index (κ3) is 1.87. The summed E-state index contributed by atoms with van der Waals surface area (Å²) in [6.45, 7) is 5.17. The number of aromatic nitrogens is 2. The first-order valence-corrected chi connectivity index (χ1v) is 6.38. The lowest BCUT2D eigenvalue weighted by Crippen LogP contribution is -2.52. The van der Waals surface area contributed by atoms with Crippen molar-refractivity contribution in [2.45, 2.75) is 19.4 Å². The van der Waals surface area contributed by atoms with Crippen LogP contribution in [0.25, 0.3) is 0 Å². The summed E-state index contributed by atoms with van der Waals surface area (Å²) in [5, 5.41) is 2.87. The maximum Gasteiger partial charge on any atom is 0.317 e. The molecular weight excluding hydrogens is 230 g/mol. The van der Waals surface area contributed by atoms with Crippen LogP contribution < -0.4 is 10.2 Å². The van der Waals surface area contributed by atoms with E-state index in [0.29, 0.717) is 0 Å². The lowest BCUT2D eigenvalue weighted by Gasteiger charge is -2.36. The van der Waals surface area contributed by atoms with Crippen molar-refractivity contribution in [1.29, 1.82) is 0 Å². The molecule has 6 nitrogen and oxygen atoms in total. The maximum absolute atomic E-state index is 11.5.